The molecule has 1 heterocycles. The average molecular weight is 299 g/mol. The zero-order valence-electron chi connectivity index (χ0n) is 12.2. The maximum atomic E-state index is 11.5. The second-order valence-electron chi connectivity index (χ2n) is 5.06. The molecular weight excluding hydrogens is 282 g/mol. The van der Waals surface area contributed by atoms with Crippen LogP contribution >= 0.6 is 0 Å². The molecule has 0 aliphatic carbocycles. The van der Waals surface area contributed by atoms with Crippen molar-refractivity contribution in [3.05, 3.63) is 71.8 Å². The van der Waals surface area contributed by atoms with Crippen LogP contribution in [0.5, 0.6) is 0 Å². The van der Waals surface area contributed by atoms with Crippen LogP contribution < -0.4 is 0 Å². The van der Waals surface area contributed by atoms with Crippen molar-refractivity contribution < 1.29 is 19.4 Å². The minimum atomic E-state index is -1.04. The quantitative estimate of drug-likeness (QED) is 0.812. The molecule has 2 aromatic carbocycles. The lowest BCUT2D eigenvalue weighted by molar-refractivity contribution is -0.520. The summed E-state index contributed by atoms with van der Waals surface area (Å²) in [7, 11) is 0. The summed E-state index contributed by atoms with van der Waals surface area (Å²) >= 11 is 0. The van der Waals surface area contributed by atoms with E-state index in [1.54, 1.807) is 5.06 Å². The molecule has 1 fully saturated rings. The van der Waals surface area contributed by atoms with Gasteiger partial charge in [0.15, 0.2) is 12.0 Å². The van der Waals surface area contributed by atoms with Gasteiger partial charge in [-0.2, -0.15) is 4.89 Å². The van der Waals surface area contributed by atoms with E-state index in [4.69, 9.17) is 14.6 Å². The van der Waals surface area contributed by atoms with Gasteiger partial charge in [0, 0.05) is 5.56 Å². The first kappa shape index (κ1) is 14.9. The summed E-state index contributed by atoms with van der Waals surface area (Å²) in [4.78, 5) is 27.6. The largest absolute Gasteiger partial charge is 0.294 e. The summed E-state index contributed by atoms with van der Waals surface area (Å²) in [6.45, 7) is 1.88. The number of carbonyl (C=O) groups excluding carboxylic acids is 1. The van der Waals surface area contributed by atoms with E-state index in [9.17, 15) is 4.79 Å². The first-order chi connectivity index (χ1) is 10.7. The third kappa shape index (κ3) is 3.40. The predicted octanol–water partition coefficient (Wildman–Crippen LogP) is 3.00. The number of ketones is 1. The Bertz CT molecular complexity index is 617. The zero-order chi connectivity index (χ0) is 15.4. The second kappa shape index (κ2) is 6.81. The number of Topliss-reactive ketones (excluding diaryl/α,β-unsaturated/α-hetero) is 1. The number of hydrogen-bond donors (Lipinski definition) is 0. The van der Waals surface area contributed by atoms with E-state index in [-0.39, 0.29) is 5.78 Å². The van der Waals surface area contributed by atoms with Crippen molar-refractivity contribution in [2.45, 2.75) is 26.0 Å². The Morgan fingerprint density at radius 2 is 1.64 bits per heavy atom. The van der Waals surface area contributed by atoms with Gasteiger partial charge in [-0.05, 0) is 12.5 Å². The van der Waals surface area contributed by atoms with E-state index in [0.29, 0.717) is 6.54 Å². The topological polar surface area (TPSA) is 48.0 Å². The van der Waals surface area contributed by atoms with Gasteiger partial charge in [-0.25, -0.2) is 4.89 Å². The molecule has 1 aliphatic rings. The SMILES string of the molecule is CC(=O)C1OOC(c2ccccc2)N(Cc2ccccc2)O1. The highest BCUT2D eigenvalue weighted by molar-refractivity contribution is 5.78. The molecule has 2 atom stereocenters. The number of benzene rings is 2. The molecule has 5 nitrogen and oxygen atoms in total. The maximum Gasteiger partial charge on any atom is 0.268 e. The van der Waals surface area contributed by atoms with Crippen molar-refractivity contribution in [2.24, 2.45) is 0 Å². The fourth-order valence-electron chi connectivity index (χ4n) is 2.21. The van der Waals surface area contributed by atoms with Gasteiger partial charge in [0.1, 0.15) is 0 Å². The fourth-order valence-corrected chi connectivity index (χ4v) is 2.21. The van der Waals surface area contributed by atoms with E-state index >= 15 is 0 Å². The maximum absolute atomic E-state index is 11.5. The molecule has 1 saturated heterocycles. The van der Waals surface area contributed by atoms with Crippen molar-refractivity contribution in [1.82, 2.24) is 5.06 Å². The van der Waals surface area contributed by atoms with Crippen LogP contribution in [0, 0.1) is 0 Å². The van der Waals surface area contributed by atoms with Gasteiger partial charge in [-0.1, -0.05) is 60.7 Å². The van der Waals surface area contributed by atoms with E-state index in [0.717, 1.165) is 11.1 Å². The second-order valence-corrected chi connectivity index (χ2v) is 5.06. The fraction of sp³-hybridized carbons (Fsp3) is 0.235. The van der Waals surface area contributed by atoms with E-state index < -0.39 is 12.5 Å². The molecule has 114 valence electrons. The third-order valence-corrected chi connectivity index (χ3v) is 3.32. The molecule has 2 unspecified atom stereocenters. The summed E-state index contributed by atoms with van der Waals surface area (Å²) in [6.07, 6.45) is -1.57. The molecule has 2 aromatic rings. The van der Waals surface area contributed by atoms with Crippen molar-refractivity contribution in [3.8, 4) is 0 Å². The molecule has 0 bridgehead atoms. The summed E-state index contributed by atoms with van der Waals surface area (Å²) in [6, 6.07) is 19.4. The Balaban J connectivity index is 1.83. The van der Waals surface area contributed by atoms with Crippen molar-refractivity contribution in [2.75, 3.05) is 0 Å². The van der Waals surface area contributed by atoms with Crippen LogP contribution in [0.4, 0.5) is 0 Å². The lowest BCUT2D eigenvalue weighted by atomic mass is 10.1. The van der Waals surface area contributed by atoms with Gasteiger partial charge < -0.3 is 0 Å². The van der Waals surface area contributed by atoms with Gasteiger partial charge in [0.25, 0.3) is 6.29 Å². The molecule has 0 spiro atoms. The highest BCUT2D eigenvalue weighted by Gasteiger charge is 2.35. The molecule has 22 heavy (non-hydrogen) atoms. The monoisotopic (exact) mass is 299 g/mol. The Labute approximate surface area is 128 Å². The van der Waals surface area contributed by atoms with Crippen LogP contribution in [0.3, 0.4) is 0 Å². The lowest BCUT2D eigenvalue weighted by Gasteiger charge is -2.36. The van der Waals surface area contributed by atoms with E-state index in [1.165, 1.54) is 6.92 Å². The Morgan fingerprint density at radius 1 is 1.00 bits per heavy atom. The number of carbonyl (C=O) groups is 1. The highest BCUT2D eigenvalue weighted by atomic mass is 17.3. The van der Waals surface area contributed by atoms with E-state index in [1.807, 2.05) is 60.7 Å². The van der Waals surface area contributed by atoms with Crippen LogP contribution in [-0.4, -0.2) is 17.1 Å². The molecule has 0 N–H and O–H groups in total. The molecule has 0 saturated carbocycles. The van der Waals surface area contributed by atoms with Crippen molar-refractivity contribution in [3.63, 3.8) is 0 Å². The minimum absolute atomic E-state index is 0.246. The number of nitrogens with zero attached hydrogens (tertiary/aromatic N) is 1. The molecule has 3 rings (SSSR count). The van der Waals surface area contributed by atoms with Crippen LogP contribution in [0.1, 0.15) is 24.3 Å². The molecule has 5 heteroatoms. The third-order valence-electron chi connectivity index (χ3n) is 3.32. The summed E-state index contributed by atoms with van der Waals surface area (Å²) in [5.74, 6) is -0.246. The Hall–Kier alpha value is -2.05. The van der Waals surface area contributed by atoms with Crippen LogP contribution in [0.15, 0.2) is 60.7 Å². The van der Waals surface area contributed by atoms with Crippen LogP contribution in [0.25, 0.3) is 0 Å². The summed E-state index contributed by atoms with van der Waals surface area (Å²) < 4.78 is 0. The van der Waals surface area contributed by atoms with Crippen LogP contribution in [0.2, 0.25) is 0 Å². The van der Waals surface area contributed by atoms with E-state index in [2.05, 4.69) is 0 Å². The lowest BCUT2D eigenvalue weighted by Crippen LogP contribution is -2.43. The number of hydroxylamine groups is 2. The molecule has 0 radical (unpaired) electrons. The Kier molecular flexibility index (Phi) is 4.60. The molecule has 0 amide bonds. The zero-order valence-corrected chi connectivity index (χ0v) is 12.2. The Morgan fingerprint density at radius 3 is 2.27 bits per heavy atom. The summed E-state index contributed by atoms with van der Waals surface area (Å²) in [5.41, 5.74) is 1.94. The molecule has 1 aliphatic heterocycles. The smallest absolute Gasteiger partial charge is 0.268 e. The van der Waals surface area contributed by atoms with Crippen molar-refractivity contribution in [1.29, 1.82) is 0 Å². The van der Waals surface area contributed by atoms with Crippen molar-refractivity contribution >= 4 is 5.78 Å². The average Bonchev–Trinajstić information content (AvgIpc) is 2.56. The number of hydrogen-bond acceptors (Lipinski definition) is 5. The van der Waals surface area contributed by atoms with Gasteiger partial charge in [-0.15, -0.1) is 5.06 Å². The highest BCUT2D eigenvalue weighted by Crippen LogP contribution is 2.30. The van der Waals surface area contributed by atoms with Gasteiger partial charge in [0.2, 0.25) is 0 Å². The summed E-state index contributed by atoms with van der Waals surface area (Å²) in [5, 5.41) is 1.63. The molecular formula is C17H17NO4. The van der Waals surface area contributed by atoms with Crippen LogP contribution in [-0.2, 0) is 26.0 Å². The predicted molar refractivity (Wildman–Crippen MR) is 78.9 cm³/mol. The minimum Gasteiger partial charge on any atom is -0.294 e. The standard InChI is InChI=1S/C17H17NO4/c1-13(19)17-20-18(12-14-8-4-2-5-9-14)16(21-22-17)15-10-6-3-7-11-15/h2-11,16-17H,12H2,1H3. The van der Waals surface area contributed by atoms with Gasteiger partial charge >= 0.3 is 0 Å². The molecule has 0 aromatic heterocycles. The first-order valence-corrected chi connectivity index (χ1v) is 7.09. The van der Waals surface area contributed by atoms with Gasteiger partial charge in [0.05, 0.1) is 6.54 Å². The first-order valence-electron chi connectivity index (χ1n) is 7.09. The normalized spacial score (nSPS) is 22.4. The number of rotatable bonds is 4. The van der Waals surface area contributed by atoms with Gasteiger partial charge in [-0.3, -0.25) is 9.63 Å².